The second-order valence-electron chi connectivity index (χ2n) is 7.58. The van der Waals surface area contributed by atoms with Crippen LogP contribution in [0, 0.1) is 0 Å². The molecule has 4 rings (SSSR count). The molecule has 6 nitrogen and oxygen atoms in total. The molecule has 0 saturated carbocycles. The number of allylic oxidation sites excluding steroid dienone is 1. The molecule has 2 heterocycles. The summed E-state index contributed by atoms with van der Waals surface area (Å²) >= 11 is 1.43. The van der Waals surface area contributed by atoms with E-state index in [4.69, 9.17) is 4.74 Å². The number of aromatic nitrogens is 3. The predicted octanol–water partition coefficient (Wildman–Crippen LogP) is 4.60. The fourth-order valence-electron chi connectivity index (χ4n) is 3.93. The maximum Gasteiger partial charge on any atom is 0.240 e. The van der Waals surface area contributed by atoms with Crippen molar-refractivity contribution in [3.8, 4) is 17.1 Å². The molecule has 7 heteroatoms. The Hall–Kier alpha value is -3.06. The fourth-order valence-corrected chi connectivity index (χ4v) is 4.84. The second-order valence-corrected chi connectivity index (χ2v) is 8.89. The minimum atomic E-state index is -0.301. The van der Waals surface area contributed by atoms with E-state index in [1.807, 2.05) is 64.9 Å². The minimum Gasteiger partial charge on any atom is -0.497 e. The third kappa shape index (κ3) is 4.10. The zero-order valence-electron chi connectivity index (χ0n) is 18.0. The topological polar surface area (TPSA) is 60.2 Å². The van der Waals surface area contributed by atoms with Crippen LogP contribution in [-0.2, 0) is 17.8 Å². The van der Waals surface area contributed by atoms with Crippen molar-refractivity contribution in [3.05, 3.63) is 66.7 Å². The monoisotopic (exact) mass is 434 g/mol. The Morgan fingerprint density at radius 3 is 2.71 bits per heavy atom. The summed E-state index contributed by atoms with van der Waals surface area (Å²) in [5.74, 6) is 1.61. The minimum absolute atomic E-state index is 0.0848. The molecule has 0 saturated heterocycles. The molecular weight excluding hydrogens is 408 g/mol. The van der Waals surface area contributed by atoms with Crippen LogP contribution >= 0.6 is 11.8 Å². The van der Waals surface area contributed by atoms with Crippen molar-refractivity contribution in [2.24, 2.45) is 0 Å². The summed E-state index contributed by atoms with van der Waals surface area (Å²) in [6, 6.07) is 16.0. The van der Waals surface area contributed by atoms with E-state index in [0.717, 1.165) is 29.2 Å². The van der Waals surface area contributed by atoms with E-state index in [9.17, 15) is 4.79 Å². The molecule has 3 aromatic rings. The molecule has 2 aromatic carbocycles. The highest BCUT2D eigenvalue weighted by molar-refractivity contribution is 8.00. The number of fused-ring (bicyclic) bond motifs is 1. The number of ether oxygens (including phenoxy) is 1. The number of nitrogens with zero attached hydrogens (tertiary/aromatic N) is 4. The Morgan fingerprint density at radius 2 is 2.00 bits per heavy atom. The van der Waals surface area contributed by atoms with Gasteiger partial charge in [0, 0.05) is 23.8 Å². The highest BCUT2D eigenvalue weighted by Gasteiger charge is 2.34. The van der Waals surface area contributed by atoms with Gasteiger partial charge in [0.05, 0.1) is 12.4 Å². The molecule has 0 aliphatic carbocycles. The van der Waals surface area contributed by atoms with Gasteiger partial charge in [-0.1, -0.05) is 36.0 Å². The number of amides is 1. The van der Waals surface area contributed by atoms with Crippen LogP contribution in [0.4, 0.5) is 5.69 Å². The highest BCUT2D eigenvalue weighted by atomic mass is 32.2. The van der Waals surface area contributed by atoms with Crippen molar-refractivity contribution in [1.82, 2.24) is 14.8 Å². The average molecular weight is 435 g/mol. The Balaban J connectivity index is 1.58. The number of benzene rings is 2. The quantitative estimate of drug-likeness (QED) is 0.402. The van der Waals surface area contributed by atoms with E-state index < -0.39 is 0 Å². The zero-order valence-corrected chi connectivity index (χ0v) is 18.8. The maximum absolute atomic E-state index is 13.4. The van der Waals surface area contributed by atoms with Gasteiger partial charge < -0.3 is 9.64 Å². The van der Waals surface area contributed by atoms with Gasteiger partial charge in [0.2, 0.25) is 5.91 Å². The van der Waals surface area contributed by atoms with Crippen molar-refractivity contribution in [3.63, 3.8) is 0 Å². The highest BCUT2D eigenvalue weighted by Crippen LogP contribution is 2.35. The summed E-state index contributed by atoms with van der Waals surface area (Å²) in [5, 5.41) is 9.19. The first kappa shape index (κ1) is 21.2. The normalized spacial score (nSPS) is 16.1. The van der Waals surface area contributed by atoms with Gasteiger partial charge in [0.1, 0.15) is 5.75 Å². The lowest BCUT2D eigenvalue weighted by Crippen LogP contribution is -2.40. The van der Waals surface area contributed by atoms with E-state index in [-0.39, 0.29) is 17.2 Å². The van der Waals surface area contributed by atoms with Crippen LogP contribution < -0.4 is 9.64 Å². The van der Waals surface area contributed by atoms with Crippen molar-refractivity contribution >= 4 is 23.4 Å². The summed E-state index contributed by atoms with van der Waals surface area (Å²) in [4.78, 5) is 15.3. The molecule has 2 atom stereocenters. The van der Waals surface area contributed by atoms with Gasteiger partial charge in [-0.15, -0.1) is 16.8 Å². The van der Waals surface area contributed by atoms with Gasteiger partial charge in [-0.3, -0.25) is 9.36 Å². The van der Waals surface area contributed by atoms with Gasteiger partial charge in [-0.2, -0.15) is 0 Å². The lowest BCUT2D eigenvalue weighted by atomic mass is 10.1. The molecule has 0 N–H and O–H groups in total. The number of hydrogen-bond donors (Lipinski definition) is 0. The van der Waals surface area contributed by atoms with Crippen LogP contribution in [0.25, 0.3) is 11.4 Å². The van der Waals surface area contributed by atoms with Crippen LogP contribution in [0.3, 0.4) is 0 Å². The predicted molar refractivity (Wildman–Crippen MR) is 125 cm³/mol. The third-order valence-corrected chi connectivity index (χ3v) is 6.52. The molecule has 0 spiro atoms. The first-order valence-electron chi connectivity index (χ1n) is 10.3. The zero-order chi connectivity index (χ0) is 22.0. The summed E-state index contributed by atoms with van der Waals surface area (Å²) < 4.78 is 7.23. The van der Waals surface area contributed by atoms with Gasteiger partial charge in [0.25, 0.3) is 0 Å². The van der Waals surface area contributed by atoms with E-state index >= 15 is 0 Å². The second kappa shape index (κ2) is 8.98. The first-order chi connectivity index (χ1) is 15.0. The number of methoxy groups -OCH3 is 1. The molecule has 0 bridgehead atoms. The Labute approximate surface area is 186 Å². The Morgan fingerprint density at radius 1 is 1.26 bits per heavy atom. The number of anilines is 1. The van der Waals surface area contributed by atoms with E-state index in [1.54, 1.807) is 7.11 Å². The molecule has 1 aromatic heterocycles. The largest absolute Gasteiger partial charge is 0.497 e. The smallest absolute Gasteiger partial charge is 0.240 e. The number of carbonyl (C=O) groups is 1. The third-order valence-electron chi connectivity index (χ3n) is 5.45. The SMILES string of the molecule is C=CCn1c(S[C@@H](C)C(=O)N2c3ccccc3C[C@@H]2C)nnc1-c1ccc(OC)cc1. The number of para-hydroxylation sites is 1. The van der Waals surface area contributed by atoms with Gasteiger partial charge in [0.15, 0.2) is 11.0 Å². The standard InChI is InChI=1S/C24H26N4O2S/c1-5-14-27-22(18-10-12-20(30-4)13-11-18)25-26-24(27)31-17(3)23(29)28-16(2)15-19-8-6-7-9-21(19)28/h5-13,16-17H,1,14-15H2,2-4H3/t16-,17-/m0/s1. The van der Waals surface area contributed by atoms with Gasteiger partial charge in [-0.25, -0.2) is 0 Å². The summed E-state index contributed by atoms with van der Waals surface area (Å²) in [5.41, 5.74) is 3.17. The van der Waals surface area contributed by atoms with E-state index in [0.29, 0.717) is 11.7 Å². The van der Waals surface area contributed by atoms with Crippen molar-refractivity contribution in [1.29, 1.82) is 0 Å². The fraction of sp³-hybridized carbons (Fsp3) is 0.292. The lowest BCUT2D eigenvalue weighted by molar-refractivity contribution is -0.118. The molecule has 1 amide bonds. The first-order valence-corrected chi connectivity index (χ1v) is 11.2. The number of carbonyl (C=O) groups excluding carboxylic acids is 1. The molecule has 0 unspecified atom stereocenters. The summed E-state index contributed by atoms with van der Waals surface area (Å²) in [6.45, 7) is 8.45. The molecule has 1 aliphatic rings. The van der Waals surface area contributed by atoms with Crippen LogP contribution in [0.2, 0.25) is 0 Å². The van der Waals surface area contributed by atoms with Crippen LogP contribution in [0.1, 0.15) is 19.4 Å². The molecule has 160 valence electrons. The van der Waals surface area contributed by atoms with Crippen LogP contribution in [0.5, 0.6) is 5.75 Å². The van der Waals surface area contributed by atoms with Gasteiger partial charge >= 0.3 is 0 Å². The molecule has 0 radical (unpaired) electrons. The molecular formula is C24H26N4O2S. The van der Waals surface area contributed by atoms with Crippen molar-refractivity contribution in [2.45, 2.75) is 43.3 Å². The average Bonchev–Trinajstić information content (AvgIpc) is 3.33. The molecule has 0 fully saturated rings. The number of hydrogen-bond acceptors (Lipinski definition) is 5. The van der Waals surface area contributed by atoms with Crippen molar-refractivity contribution < 1.29 is 9.53 Å². The van der Waals surface area contributed by atoms with E-state index in [2.05, 4.69) is 29.8 Å². The van der Waals surface area contributed by atoms with Crippen molar-refractivity contribution in [2.75, 3.05) is 12.0 Å². The maximum atomic E-state index is 13.4. The molecule has 31 heavy (non-hydrogen) atoms. The summed E-state index contributed by atoms with van der Waals surface area (Å²) in [7, 11) is 1.64. The number of rotatable bonds is 7. The van der Waals surface area contributed by atoms with E-state index in [1.165, 1.54) is 17.3 Å². The number of thioether (sulfide) groups is 1. The Bertz CT molecular complexity index is 1090. The van der Waals surface area contributed by atoms with Crippen LogP contribution in [0.15, 0.2) is 66.3 Å². The van der Waals surface area contributed by atoms with Crippen LogP contribution in [-0.4, -0.2) is 39.1 Å². The lowest BCUT2D eigenvalue weighted by Gasteiger charge is -2.25. The van der Waals surface area contributed by atoms with Gasteiger partial charge in [-0.05, 0) is 56.2 Å². The Kier molecular flexibility index (Phi) is 6.13. The molecule has 1 aliphatic heterocycles. The summed E-state index contributed by atoms with van der Waals surface area (Å²) in [6.07, 6.45) is 2.69.